The van der Waals surface area contributed by atoms with E-state index in [1.54, 1.807) is 31.4 Å². The predicted molar refractivity (Wildman–Crippen MR) is 94.3 cm³/mol. The van der Waals surface area contributed by atoms with Crippen LogP contribution in [-0.4, -0.2) is 60.9 Å². The van der Waals surface area contributed by atoms with Gasteiger partial charge in [-0.1, -0.05) is 0 Å². The molecular weight excluding hydrogens is 320 g/mol. The van der Waals surface area contributed by atoms with Crippen molar-refractivity contribution in [1.29, 1.82) is 0 Å². The van der Waals surface area contributed by atoms with Crippen LogP contribution in [0.3, 0.4) is 0 Å². The maximum absolute atomic E-state index is 12.6. The normalized spacial score (nSPS) is 14.3. The second-order valence-electron chi connectivity index (χ2n) is 5.67. The number of carbonyl (C=O) groups excluding carboxylic acids is 1. The fourth-order valence-electron chi connectivity index (χ4n) is 2.76. The van der Waals surface area contributed by atoms with Crippen LogP contribution in [0.25, 0.3) is 0 Å². The van der Waals surface area contributed by atoms with Crippen molar-refractivity contribution in [2.45, 2.75) is 6.92 Å². The Bertz CT molecular complexity index is 695. The Kier molecular flexibility index (Phi) is 5.33. The van der Waals surface area contributed by atoms with Crippen LogP contribution in [0.5, 0.6) is 11.6 Å². The number of nitrogens with zero attached hydrogens (tertiary/aromatic N) is 4. The minimum absolute atomic E-state index is 0.0417. The van der Waals surface area contributed by atoms with E-state index in [-0.39, 0.29) is 5.91 Å². The van der Waals surface area contributed by atoms with E-state index in [1.807, 2.05) is 24.0 Å². The number of rotatable bonds is 5. The van der Waals surface area contributed by atoms with Crippen molar-refractivity contribution in [2.75, 3.05) is 44.8 Å². The standard InChI is InChI=1S/C18H22N4O3/c1-3-25-17-9-8-16(19-20-17)21-10-12-22(13-11-21)18(23)14-4-6-15(24-2)7-5-14/h4-9H,3,10-13H2,1-2H3. The van der Waals surface area contributed by atoms with Crippen molar-refractivity contribution in [3.05, 3.63) is 42.0 Å². The van der Waals surface area contributed by atoms with Crippen LogP contribution < -0.4 is 14.4 Å². The zero-order chi connectivity index (χ0) is 17.6. The third-order valence-corrected chi connectivity index (χ3v) is 4.15. The van der Waals surface area contributed by atoms with Crippen LogP contribution in [-0.2, 0) is 0 Å². The van der Waals surface area contributed by atoms with E-state index >= 15 is 0 Å². The molecule has 0 saturated carbocycles. The average molecular weight is 342 g/mol. The Morgan fingerprint density at radius 2 is 1.76 bits per heavy atom. The Balaban J connectivity index is 1.58. The first-order valence-electron chi connectivity index (χ1n) is 8.36. The average Bonchev–Trinajstić information content (AvgIpc) is 2.68. The minimum Gasteiger partial charge on any atom is -0.497 e. The molecule has 0 bridgehead atoms. The molecule has 0 atom stereocenters. The van der Waals surface area contributed by atoms with Crippen molar-refractivity contribution in [3.8, 4) is 11.6 Å². The molecule has 1 saturated heterocycles. The van der Waals surface area contributed by atoms with Crippen LogP contribution in [0, 0.1) is 0 Å². The second-order valence-corrected chi connectivity index (χ2v) is 5.67. The number of ether oxygens (including phenoxy) is 2. The molecule has 0 radical (unpaired) electrons. The van der Waals surface area contributed by atoms with Gasteiger partial charge in [0.1, 0.15) is 5.75 Å². The molecule has 0 N–H and O–H groups in total. The molecule has 7 nitrogen and oxygen atoms in total. The van der Waals surface area contributed by atoms with E-state index in [1.165, 1.54) is 0 Å². The summed E-state index contributed by atoms with van der Waals surface area (Å²) in [5.41, 5.74) is 0.676. The first kappa shape index (κ1) is 17.0. The van der Waals surface area contributed by atoms with Crippen LogP contribution in [0.1, 0.15) is 17.3 Å². The van der Waals surface area contributed by atoms with Gasteiger partial charge in [0.2, 0.25) is 5.88 Å². The monoisotopic (exact) mass is 342 g/mol. The van der Waals surface area contributed by atoms with E-state index in [9.17, 15) is 4.79 Å². The smallest absolute Gasteiger partial charge is 0.253 e. The number of piperazine rings is 1. The molecule has 0 spiro atoms. The van der Waals surface area contributed by atoms with E-state index in [0.717, 1.165) is 24.7 Å². The Morgan fingerprint density at radius 3 is 2.32 bits per heavy atom. The molecule has 3 rings (SSSR count). The second kappa shape index (κ2) is 7.83. The van der Waals surface area contributed by atoms with E-state index in [0.29, 0.717) is 31.1 Å². The number of aromatic nitrogens is 2. The van der Waals surface area contributed by atoms with Crippen LogP contribution >= 0.6 is 0 Å². The maximum atomic E-state index is 12.6. The lowest BCUT2D eigenvalue weighted by molar-refractivity contribution is 0.0746. The lowest BCUT2D eigenvalue weighted by Gasteiger charge is -2.35. The van der Waals surface area contributed by atoms with E-state index in [4.69, 9.17) is 9.47 Å². The third kappa shape index (κ3) is 3.99. The van der Waals surface area contributed by atoms with Gasteiger partial charge in [-0.2, -0.15) is 0 Å². The highest BCUT2D eigenvalue weighted by Gasteiger charge is 2.23. The SMILES string of the molecule is CCOc1ccc(N2CCN(C(=O)c3ccc(OC)cc3)CC2)nn1. The summed E-state index contributed by atoms with van der Waals surface area (Å²) in [5.74, 6) is 2.12. The number of benzene rings is 1. The quantitative estimate of drug-likeness (QED) is 0.826. The number of amides is 1. The Morgan fingerprint density at radius 1 is 1.04 bits per heavy atom. The summed E-state index contributed by atoms with van der Waals surface area (Å²) in [4.78, 5) is 16.6. The molecule has 0 unspecified atom stereocenters. The van der Waals surface area contributed by atoms with Crippen molar-refractivity contribution in [2.24, 2.45) is 0 Å². The van der Waals surface area contributed by atoms with E-state index in [2.05, 4.69) is 15.1 Å². The molecule has 1 aliphatic rings. The molecule has 7 heteroatoms. The van der Waals surface area contributed by atoms with Gasteiger partial charge in [-0.05, 0) is 37.3 Å². The highest BCUT2D eigenvalue weighted by Crippen LogP contribution is 2.17. The molecule has 132 valence electrons. The van der Waals surface area contributed by atoms with Crippen LogP contribution in [0.4, 0.5) is 5.82 Å². The summed E-state index contributed by atoms with van der Waals surface area (Å²) in [5, 5.41) is 8.26. The number of hydrogen-bond acceptors (Lipinski definition) is 6. The molecule has 25 heavy (non-hydrogen) atoms. The minimum atomic E-state index is 0.0417. The maximum Gasteiger partial charge on any atom is 0.253 e. The molecule has 2 aromatic rings. The van der Waals surface area contributed by atoms with Crippen molar-refractivity contribution in [3.63, 3.8) is 0 Å². The summed E-state index contributed by atoms with van der Waals surface area (Å²) in [7, 11) is 1.61. The summed E-state index contributed by atoms with van der Waals surface area (Å²) in [6, 6.07) is 10.9. The number of anilines is 1. The van der Waals surface area contributed by atoms with Crippen LogP contribution in [0.2, 0.25) is 0 Å². The highest BCUT2D eigenvalue weighted by atomic mass is 16.5. The summed E-state index contributed by atoms with van der Waals surface area (Å²) in [6.07, 6.45) is 0. The van der Waals surface area contributed by atoms with Gasteiger partial charge in [0.25, 0.3) is 5.91 Å². The molecular formula is C18H22N4O3. The largest absolute Gasteiger partial charge is 0.497 e. The fourth-order valence-corrected chi connectivity index (χ4v) is 2.76. The fraction of sp³-hybridized carbons (Fsp3) is 0.389. The van der Waals surface area contributed by atoms with Gasteiger partial charge >= 0.3 is 0 Å². The lowest BCUT2D eigenvalue weighted by atomic mass is 10.1. The van der Waals surface area contributed by atoms with E-state index < -0.39 is 0 Å². The molecule has 1 amide bonds. The van der Waals surface area contributed by atoms with Crippen molar-refractivity contribution in [1.82, 2.24) is 15.1 Å². The number of carbonyl (C=O) groups is 1. The van der Waals surface area contributed by atoms with Crippen molar-refractivity contribution >= 4 is 11.7 Å². The third-order valence-electron chi connectivity index (χ3n) is 4.15. The zero-order valence-electron chi connectivity index (χ0n) is 14.5. The number of hydrogen-bond donors (Lipinski definition) is 0. The van der Waals surface area contributed by atoms with Gasteiger partial charge in [0, 0.05) is 37.8 Å². The van der Waals surface area contributed by atoms with Crippen molar-refractivity contribution < 1.29 is 14.3 Å². The molecule has 0 aliphatic carbocycles. The molecule has 1 fully saturated rings. The summed E-state index contributed by atoms with van der Waals surface area (Å²) < 4.78 is 10.4. The Labute approximate surface area is 147 Å². The van der Waals surface area contributed by atoms with Gasteiger partial charge in [-0.3, -0.25) is 4.79 Å². The Hall–Kier alpha value is -2.83. The topological polar surface area (TPSA) is 67.8 Å². The molecule has 1 aromatic heterocycles. The van der Waals surface area contributed by atoms with Gasteiger partial charge in [-0.25, -0.2) is 0 Å². The lowest BCUT2D eigenvalue weighted by Crippen LogP contribution is -2.49. The first-order valence-corrected chi connectivity index (χ1v) is 8.36. The van der Waals surface area contributed by atoms with Gasteiger partial charge in [0.15, 0.2) is 5.82 Å². The predicted octanol–water partition coefficient (Wildman–Crippen LogP) is 1.85. The first-order chi connectivity index (χ1) is 12.2. The molecule has 1 aromatic carbocycles. The van der Waals surface area contributed by atoms with Gasteiger partial charge < -0.3 is 19.3 Å². The van der Waals surface area contributed by atoms with Gasteiger partial charge in [0.05, 0.1) is 13.7 Å². The number of methoxy groups -OCH3 is 1. The van der Waals surface area contributed by atoms with Gasteiger partial charge in [-0.15, -0.1) is 10.2 Å². The highest BCUT2D eigenvalue weighted by molar-refractivity contribution is 5.94. The van der Waals surface area contributed by atoms with Crippen LogP contribution in [0.15, 0.2) is 36.4 Å². The molecule has 1 aliphatic heterocycles. The summed E-state index contributed by atoms with van der Waals surface area (Å²) in [6.45, 7) is 5.24. The summed E-state index contributed by atoms with van der Waals surface area (Å²) >= 11 is 0. The molecule has 2 heterocycles. The zero-order valence-corrected chi connectivity index (χ0v) is 14.5.